The van der Waals surface area contributed by atoms with Crippen LogP contribution in [-0.2, 0) is 19.1 Å². The van der Waals surface area contributed by atoms with E-state index in [1.54, 1.807) is 75.4 Å². The fourth-order valence-electron chi connectivity index (χ4n) is 3.56. The number of aliphatic hydroxyl groups is 1. The van der Waals surface area contributed by atoms with Gasteiger partial charge >= 0.3 is 12.1 Å². The molecule has 0 aliphatic carbocycles. The number of nitrogens with zero attached hydrogens (tertiary/aromatic N) is 1. The summed E-state index contributed by atoms with van der Waals surface area (Å²) in [5.74, 6) is -0.771. The van der Waals surface area contributed by atoms with Gasteiger partial charge in [0.15, 0.2) is 0 Å². The summed E-state index contributed by atoms with van der Waals surface area (Å²) >= 11 is 0. The van der Waals surface area contributed by atoms with Crippen LogP contribution in [0, 0.1) is 0 Å². The van der Waals surface area contributed by atoms with Gasteiger partial charge in [0.05, 0.1) is 24.6 Å². The molecule has 9 heteroatoms. The molecule has 9 nitrogen and oxygen atoms in total. The van der Waals surface area contributed by atoms with Gasteiger partial charge in [0.1, 0.15) is 11.6 Å². The lowest BCUT2D eigenvalue weighted by Crippen LogP contribution is -2.54. The smallest absolute Gasteiger partial charge is 0.412 e. The number of para-hydroxylation sites is 2. The molecule has 0 radical (unpaired) electrons. The molecule has 1 saturated heterocycles. The zero-order valence-electron chi connectivity index (χ0n) is 20.3. The summed E-state index contributed by atoms with van der Waals surface area (Å²) in [4.78, 5) is 38.7. The van der Waals surface area contributed by atoms with Crippen LogP contribution in [0.4, 0.5) is 16.2 Å². The van der Waals surface area contributed by atoms with E-state index in [4.69, 9.17) is 9.47 Å². The molecular weight excluding hydrogens is 450 g/mol. The maximum atomic E-state index is 12.5. The number of benzene rings is 2. The predicted molar refractivity (Wildman–Crippen MR) is 133 cm³/mol. The molecule has 1 heterocycles. The Bertz CT molecular complexity index is 1090. The van der Waals surface area contributed by atoms with Crippen molar-refractivity contribution in [3.05, 3.63) is 65.7 Å². The highest BCUT2D eigenvalue weighted by molar-refractivity contribution is 6.05. The van der Waals surface area contributed by atoms with Crippen LogP contribution in [0.2, 0.25) is 0 Å². The molecule has 2 aromatic carbocycles. The van der Waals surface area contributed by atoms with Gasteiger partial charge in [-0.25, -0.2) is 9.59 Å². The highest BCUT2D eigenvalue weighted by atomic mass is 16.6. The third-order valence-electron chi connectivity index (χ3n) is 5.18. The second kappa shape index (κ2) is 11.2. The lowest BCUT2D eigenvalue weighted by molar-refractivity contribution is -0.152. The van der Waals surface area contributed by atoms with E-state index in [1.165, 1.54) is 13.2 Å². The Balaban J connectivity index is 1.63. The second-order valence-electron chi connectivity index (χ2n) is 9.20. The first-order valence-electron chi connectivity index (χ1n) is 11.2. The van der Waals surface area contributed by atoms with Crippen molar-refractivity contribution in [3.63, 3.8) is 0 Å². The van der Waals surface area contributed by atoms with Crippen molar-refractivity contribution < 1.29 is 29.0 Å². The number of hydrogen-bond donors (Lipinski definition) is 3. The van der Waals surface area contributed by atoms with Crippen LogP contribution in [0.3, 0.4) is 0 Å². The SMILES string of the molecule is COC(=O)C(c1ccc(/C=C/C(=O)Nc2ccccc2NC(=O)OC(C)(C)C)cc1)N1CC(O)C1. The normalized spacial score (nSPS) is 15.2. The molecule has 0 bridgehead atoms. The van der Waals surface area contributed by atoms with E-state index in [2.05, 4.69) is 10.6 Å². The van der Waals surface area contributed by atoms with Gasteiger partial charge in [-0.2, -0.15) is 0 Å². The molecule has 1 aliphatic rings. The molecular formula is C26H31N3O6. The van der Waals surface area contributed by atoms with Crippen molar-refractivity contribution in [1.82, 2.24) is 4.90 Å². The van der Waals surface area contributed by atoms with Crippen molar-refractivity contribution in [2.24, 2.45) is 0 Å². The van der Waals surface area contributed by atoms with E-state index in [-0.39, 0.29) is 5.91 Å². The number of ether oxygens (including phenoxy) is 2. The fraction of sp³-hybridized carbons (Fsp3) is 0.346. The lowest BCUT2D eigenvalue weighted by Gasteiger charge is -2.40. The molecule has 0 spiro atoms. The fourth-order valence-corrected chi connectivity index (χ4v) is 3.56. The summed E-state index contributed by atoms with van der Waals surface area (Å²) in [6.07, 6.45) is 1.96. The van der Waals surface area contributed by atoms with E-state index in [0.29, 0.717) is 24.5 Å². The Morgan fingerprint density at radius 2 is 1.63 bits per heavy atom. The number of nitrogens with one attached hydrogen (secondary N) is 2. The number of anilines is 2. The molecule has 1 unspecified atom stereocenters. The van der Waals surface area contributed by atoms with Gasteiger partial charge in [-0.3, -0.25) is 15.0 Å². The van der Waals surface area contributed by atoms with Gasteiger partial charge in [0.25, 0.3) is 0 Å². The molecule has 1 fully saturated rings. The molecule has 1 atom stereocenters. The number of rotatable bonds is 7. The number of carbonyl (C=O) groups excluding carboxylic acids is 3. The Morgan fingerprint density at radius 3 is 2.17 bits per heavy atom. The second-order valence-corrected chi connectivity index (χ2v) is 9.20. The predicted octanol–water partition coefficient (Wildman–Crippen LogP) is 3.58. The monoisotopic (exact) mass is 481 g/mol. The van der Waals surface area contributed by atoms with E-state index < -0.39 is 29.8 Å². The van der Waals surface area contributed by atoms with Crippen molar-refractivity contribution in [2.75, 3.05) is 30.8 Å². The average molecular weight is 482 g/mol. The Kier molecular flexibility index (Phi) is 8.26. The number of amides is 2. The molecule has 3 rings (SSSR count). The van der Waals surface area contributed by atoms with Crippen LogP contribution < -0.4 is 10.6 Å². The summed E-state index contributed by atoms with van der Waals surface area (Å²) in [6, 6.07) is 13.4. The van der Waals surface area contributed by atoms with Gasteiger partial charge in [0, 0.05) is 19.2 Å². The summed E-state index contributed by atoms with van der Waals surface area (Å²) in [5.41, 5.74) is 1.70. The molecule has 0 aromatic heterocycles. The molecule has 186 valence electrons. The molecule has 35 heavy (non-hydrogen) atoms. The van der Waals surface area contributed by atoms with Gasteiger partial charge < -0.3 is 19.9 Å². The number of esters is 1. The Labute approximate surface area is 204 Å². The maximum Gasteiger partial charge on any atom is 0.412 e. The van der Waals surface area contributed by atoms with E-state index in [1.807, 2.05) is 4.90 Å². The van der Waals surface area contributed by atoms with Gasteiger partial charge in [-0.1, -0.05) is 36.4 Å². The lowest BCUT2D eigenvalue weighted by atomic mass is 9.99. The largest absolute Gasteiger partial charge is 0.468 e. The van der Waals surface area contributed by atoms with Crippen LogP contribution in [0.15, 0.2) is 54.6 Å². The summed E-state index contributed by atoms with van der Waals surface area (Å²) in [7, 11) is 1.34. The van der Waals surface area contributed by atoms with Crippen LogP contribution in [0.1, 0.15) is 37.9 Å². The molecule has 0 saturated carbocycles. The quantitative estimate of drug-likeness (QED) is 0.409. The van der Waals surface area contributed by atoms with Gasteiger partial charge in [-0.05, 0) is 50.1 Å². The number of β-amino-alcohol motifs (C(OH)–C–C–N with tert-alkyl or cyclic N) is 1. The zero-order valence-corrected chi connectivity index (χ0v) is 20.3. The van der Waals surface area contributed by atoms with Gasteiger partial charge in [0.2, 0.25) is 5.91 Å². The zero-order chi connectivity index (χ0) is 25.6. The highest BCUT2D eigenvalue weighted by Gasteiger charge is 2.36. The minimum atomic E-state index is -0.645. The van der Waals surface area contributed by atoms with Crippen molar-refractivity contribution >= 4 is 35.4 Å². The average Bonchev–Trinajstić information content (AvgIpc) is 2.77. The third kappa shape index (κ3) is 7.40. The van der Waals surface area contributed by atoms with Crippen LogP contribution >= 0.6 is 0 Å². The standard InChI is InChI=1S/C26H31N3O6/c1-26(2,3)35-25(33)28-21-8-6-5-7-20(21)27-22(31)14-11-17-9-12-18(13-10-17)23(24(32)34-4)29-15-19(30)16-29/h5-14,19,23,30H,15-16H2,1-4H3,(H,27,31)(H,28,33)/b14-11+. The summed E-state index contributed by atoms with van der Waals surface area (Å²) in [5, 5.41) is 15.0. The number of likely N-dealkylation sites (tertiary alicyclic amines) is 1. The number of carbonyl (C=O) groups is 3. The van der Waals surface area contributed by atoms with Crippen molar-refractivity contribution in [3.8, 4) is 0 Å². The number of methoxy groups -OCH3 is 1. The first kappa shape index (κ1) is 25.9. The molecule has 3 N–H and O–H groups in total. The topological polar surface area (TPSA) is 117 Å². The number of aliphatic hydroxyl groups excluding tert-OH is 1. The third-order valence-corrected chi connectivity index (χ3v) is 5.18. The van der Waals surface area contributed by atoms with Gasteiger partial charge in [-0.15, -0.1) is 0 Å². The van der Waals surface area contributed by atoms with E-state index >= 15 is 0 Å². The van der Waals surface area contributed by atoms with E-state index in [0.717, 1.165) is 11.1 Å². The van der Waals surface area contributed by atoms with Crippen LogP contribution in [-0.4, -0.2) is 59.9 Å². The Hall–Kier alpha value is -3.69. The highest BCUT2D eigenvalue weighted by Crippen LogP contribution is 2.28. The maximum absolute atomic E-state index is 12.5. The number of hydrogen-bond acceptors (Lipinski definition) is 7. The van der Waals surface area contributed by atoms with Crippen molar-refractivity contribution in [1.29, 1.82) is 0 Å². The summed E-state index contributed by atoms with van der Waals surface area (Å²) < 4.78 is 10.2. The molecule has 2 amide bonds. The first-order chi connectivity index (χ1) is 16.6. The minimum absolute atomic E-state index is 0.380. The molecule has 2 aromatic rings. The van der Waals surface area contributed by atoms with Crippen LogP contribution in [0.5, 0.6) is 0 Å². The molecule has 1 aliphatic heterocycles. The van der Waals surface area contributed by atoms with Crippen LogP contribution in [0.25, 0.3) is 6.08 Å². The minimum Gasteiger partial charge on any atom is -0.468 e. The summed E-state index contributed by atoms with van der Waals surface area (Å²) in [6.45, 7) is 6.12. The van der Waals surface area contributed by atoms with Crippen molar-refractivity contribution in [2.45, 2.75) is 38.5 Å². The van der Waals surface area contributed by atoms with E-state index in [9.17, 15) is 19.5 Å². The first-order valence-corrected chi connectivity index (χ1v) is 11.2. The Morgan fingerprint density at radius 1 is 1.03 bits per heavy atom.